The standard InChI is InChI=1S/C14H20N2O3/c1-14(10-15,16-2)6-7-19-12-5-4-11(9-17)8-13(12)18-3/h4-5,8,16-17H,6-7,9H2,1-3H3. The number of hydrogen-bond acceptors (Lipinski definition) is 5. The van der Waals surface area contributed by atoms with E-state index >= 15 is 0 Å². The summed E-state index contributed by atoms with van der Waals surface area (Å²) in [5, 5.41) is 21.0. The van der Waals surface area contributed by atoms with Gasteiger partial charge in [0.05, 0.1) is 26.4 Å². The Balaban J connectivity index is 2.66. The average Bonchev–Trinajstić information content (AvgIpc) is 2.47. The number of hydrogen-bond donors (Lipinski definition) is 2. The van der Waals surface area contributed by atoms with E-state index in [-0.39, 0.29) is 6.61 Å². The zero-order valence-electron chi connectivity index (χ0n) is 11.6. The molecular formula is C14H20N2O3. The highest BCUT2D eigenvalue weighted by Crippen LogP contribution is 2.28. The summed E-state index contributed by atoms with van der Waals surface area (Å²) in [5.74, 6) is 1.19. The number of nitriles is 1. The van der Waals surface area contributed by atoms with Gasteiger partial charge in [0.25, 0.3) is 0 Å². The van der Waals surface area contributed by atoms with E-state index in [0.717, 1.165) is 5.56 Å². The maximum Gasteiger partial charge on any atom is 0.161 e. The Hall–Kier alpha value is -1.77. The van der Waals surface area contributed by atoms with Gasteiger partial charge in [-0.1, -0.05) is 6.07 Å². The minimum Gasteiger partial charge on any atom is -0.493 e. The Morgan fingerprint density at radius 3 is 2.68 bits per heavy atom. The molecule has 1 aromatic rings. The van der Waals surface area contributed by atoms with Crippen LogP contribution in [0.25, 0.3) is 0 Å². The topological polar surface area (TPSA) is 74.5 Å². The van der Waals surface area contributed by atoms with E-state index in [1.807, 2.05) is 6.92 Å². The lowest BCUT2D eigenvalue weighted by molar-refractivity contribution is 0.258. The summed E-state index contributed by atoms with van der Waals surface area (Å²) in [6.07, 6.45) is 0.560. The summed E-state index contributed by atoms with van der Waals surface area (Å²) < 4.78 is 10.8. The van der Waals surface area contributed by atoms with Crippen LogP contribution in [0.15, 0.2) is 18.2 Å². The number of aliphatic hydroxyl groups excluding tert-OH is 1. The van der Waals surface area contributed by atoms with Gasteiger partial charge in [0.2, 0.25) is 0 Å². The van der Waals surface area contributed by atoms with Gasteiger partial charge >= 0.3 is 0 Å². The number of nitrogens with one attached hydrogen (secondary N) is 1. The maximum atomic E-state index is 9.05. The smallest absolute Gasteiger partial charge is 0.161 e. The lowest BCUT2D eigenvalue weighted by Gasteiger charge is -2.21. The number of methoxy groups -OCH3 is 1. The van der Waals surface area contributed by atoms with Gasteiger partial charge in [-0.3, -0.25) is 0 Å². The molecule has 0 aliphatic carbocycles. The summed E-state index contributed by atoms with van der Waals surface area (Å²) in [6.45, 7) is 2.19. The lowest BCUT2D eigenvalue weighted by Crippen LogP contribution is -2.39. The molecule has 1 atom stereocenters. The number of nitrogens with zero attached hydrogens (tertiary/aromatic N) is 1. The number of ether oxygens (including phenoxy) is 2. The normalized spacial score (nSPS) is 13.4. The molecular weight excluding hydrogens is 244 g/mol. The van der Waals surface area contributed by atoms with Crippen LogP contribution in [0.2, 0.25) is 0 Å². The van der Waals surface area contributed by atoms with Gasteiger partial charge in [0.15, 0.2) is 11.5 Å². The van der Waals surface area contributed by atoms with E-state index in [9.17, 15) is 0 Å². The lowest BCUT2D eigenvalue weighted by atomic mass is 10.0. The van der Waals surface area contributed by atoms with Crippen molar-refractivity contribution in [1.82, 2.24) is 5.32 Å². The summed E-state index contributed by atoms with van der Waals surface area (Å²) in [5.41, 5.74) is 0.166. The van der Waals surface area contributed by atoms with E-state index in [2.05, 4.69) is 11.4 Å². The van der Waals surface area contributed by atoms with Crippen molar-refractivity contribution in [2.24, 2.45) is 0 Å². The van der Waals surface area contributed by atoms with Gasteiger partial charge in [0, 0.05) is 6.42 Å². The molecule has 0 heterocycles. The van der Waals surface area contributed by atoms with Crippen molar-refractivity contribution in [1.29, 1.82) is 5.26 Å². The highest BCUT2D eigenvalue weighted by molar-refractivity contribution is 5.42. The second-order valence-electron chi connectivity index (χ2n) is 4.44. The van der Waals surface area contributed by atoms with Crippen LogP contribution >= 0.6 is 0 Å². The third-order valence-electron chi connectivity index (χ3n) is 3.07. The van der Waals surface area contributed by atoms with Crippen molar-refractivity contribution in [3.8, 4) is 17.6 Å². The highest BCUT2D eigenvalue weighted by atomic mass is 16.5. The predicted octanol–water partition coefficient (Wildman–Crippen LogP) is 1.46. The first kappa shape index (κ1) is 15.3. The number of aliphatic hydroxyl groups is 1. The zero-order valence-corrected chi connectivity index (χ0v) is 11.6. The quantitative estimate of drug-likeness (QED) is 0.780. The second-order valence-corrected chi connectivity index (χ2v) is 4.44. The van der Waals surface area contributed by atoms with E-state index in [0.29, 0.717) is 24.5 Å². The molecule has 1 rings (SSSR count). The van der Waals surface area contributed by atoms with Crippen molar-refractivity contribution in [2.45, 2.75) is 25.5 Å². The Morgan fingerprint density at radius 1 is 1.42 bits per heavy atom. The molecule has 1 aromatic carbocycles. The first-order chi connectivity index (χ1) is 9.08. The van der Waals surface area contributed by atoms with Crippen LogP contribution in [-0.2, 0) is 6.61 Å². The second kappa shape index (κ2) is 6.98. The fourth-order valence-electron chi connectivity index (χ4n) is 1.53. The summed E-state index contributed by atoms with van der Waals surface area (Å²) in [4.78, 5) is 0. The molecule has 0 aromatic heterocycles. The van der Waals surface area contributed by atoms with Crippen LogP contribution in [0.5, 0.6) is 11.5 Å². The molecule has 0 radical (unpaired) electrons. The minimum atomic E-state index is -0.599. The van der Waals surface area contributed by atoms with Crippen molar-refractivity contribution in [3.63, 3.8) is 0 Å². The molecule has 0 saturated heterocycles. The van der Waals surface area contributed by atoms with Crippen LogP contribution in [0.3, 0.4) is 0 Å². The summed E-state index contributed by atoms with van der Waals surface area (Å²) in [6, 6.07) is 7.47. The molecule has 2 N–H and O–H groups in total. The molecule has 5 nitrogen and oxygen atoms in total. The Kier molecular flexibility index (Phi) is 5.61. The summed E-state index contributed by atoms with van der Waals surface area (Å²) in [7, 11) is 3.30. The molecule has 5 heteroatoms. The van der Waals surface area contributed by atoms with Gasteiger partial charge in [0.1, 0.15) is 5.54 Å². The summed E-state index contributed by atoms with van der Waals surface area (Å²) >= 11 is 0. The molecule has 0 aliphatic rings. The first-order valence-electron chi connectivity index (χ1n) is 6.09. The molecule has 0 fully saturated rings. The van der Waals surface area contributed by atoms with Gasteiger partial charge in [-0.25, -0.2) is 0 Å². The fraction of sp³-hybridized carbons (Fsp3) is 0.500. The molecule has 1 unspecified atom stereocenters. The number of rotatable bonds is 7. The molecule has 0 saturated carbocycles. The maximum absolute atomic E-state index is 9.05. The number of benzene rings is 1. The molecule has 0 spiro atoms. The average molecular weight is 264 g/mol. The van der Waals surface area contributed by atoms with Crippen molar-refractivity contribution >= 4 is 0 Å². The first-order valence-corrected chi connectivity index (χ1v) is 6.09. The van der Waals surface area contributed by atoms with Gasteiger partial charge in [-0.05, 0) is 31.7 Å². The van der Waals surface area contributed by atoms with Gasteiger partial charge < -0.3 is 19.9 Å². The van der Waals surface area contributed by atoms with Gasteiger partial charge in [-0.15, -0.1) is 0 Å². The van der Waals surface area contributed by atoms with Crippen LogP contribution < -0.4 is 14.8 Å². The van der Waals surface area contributed by atoms with E-state index in [1.165, 1.54) is 0 Å². The zero-order chi connectivity index (χ0) is 14.3. The largest absolute Gasteiger partial charge is 0.493 e. The van der Waals surface area contributed by atoms with Crippen LogP contribution in [0, 0.1) is 11.3 Å². The monoisotopic (exact) mass is 264 g/mol. The van der Waals surface area contributed by atoms with Crippen molar-refractivity contribution < 1.29 is 14.6 Å². The fourth-order valence-corrected chi connectivity index (χ4v) is 1.53. The minimum absolute atomic E-state index is 0.0388. The highest BCUT2D eigenvalue weighted by Gasteiger charge is 2.21. The molecule has 0 aliphatic heterocycles. The Labute approximate surface area is 113 Å². The van der Waals surface area contributed by atoms with E-state index in [1.54, 1.807) is 32.4 Å². The molecule has 19 heavy (non-hydrogen) atoms. The SMILES string of the molecule is CNC(C)(C#N)CCOc1ccc(CO)cc1OC. The Bertz CT molecular complexity index is 456. The van der Waals surface area contributed by atoms with Crippen molar-refractivity contribution in [2.75, 3.05) is 20.8 Å². The van der Waals surface area contributed by atoms with Crippen LogP contribution in [0.4, 0.5) is 0 Å². The van der Waals surface area contributed by atoms with Gasteiger partial charge in [-0.2, -0.15) is 5.26 Å². The third-order valence-corrected chi connectivity index (χ3v) is 3.07. The molecule has 0 amide bonds. The predicted molar refractivity (Wildman–Crippen MR) is 72.1 cm³/mol. The third kappa shape index (κ3) is 4.12. The van der Waals surface area contributed by atoms with Crippen molar-refractivity contribution in [3.05, 3.63) is 23.8 Å². The molecule has 0 bridgehead atoms. The molecule has 104 valence electrons. The van der Waals surface area contributed by atoms with E-state index < -0.39 is 5.54 Å². The van der Waals surface area contributed by atoms with Crippen LogP contribution in [0.1, 0.15) is 18.9 Å². The van der Waals surface area contributed by atoms with Crippen LogP contribution in [-0.4, -0.2) is 31.4 Å². The van der Waals surface area contributed by atoms with E-state index in [4.69, 9.17) is 19.8 Å². The Morgan fingerprint density at radius 2 is 2.16 bits per heavy atom.